The number of esters is 1. The van der Waals surface area contributed by atoms with E-state index < -0.39 is 53.9 Å². The van der Waals surface area contributed by atoms with Crippen LogP contribution in [0.3, 0.4) is 0 Å². The normalized spacial score (nSPS) is 25.9. The van der Waals surface area contributed by atoms with E-state index in [2.05, 4.69) is 25.9 Å². The maximum atomic E-state index is 13.2. The number of carbonyl (C=O) groups is 2. The number of carbonyl (C=O) groups excluding carboxylic acids is 2. The van der Waals surface area contributed by atoms with Crippen LogP contribution >= 0.6 is 11.3 Å². The monoisotopic (exact) mass is 720 g/mol. The lowest BCUT2D eigenvalue weighted by molar-refractivity contribution is -0.163. The van der Waals surface area contributed by atoms with E-state index in [-0.39, 0.29) is 36.4 Å². The van der Waals surface area contributed by atoms with E-state index in [0.29, 0.717) is 28.5 Å². The molecule has 1 aliphatic heterocycles. The van der Waals surface area contributed by atoms with Gasteiger partial charge in [-0.25, -0.2) is 19.6 Å². The molecule has 2 aliphatic carbocycles. The molecule has 1 saturated heterocycles. The van der Waals surface area contributed by atoms with Crippen molar-refractivity contribution in [2.24, 2.45) is 17.8 Å². The topological polar surface area (TPSA) is 146 Å². The van der Waals surface area contributed by atoms with Crippen molar-refractivity contribution in [2.45, 2.75) is 103 Å². The molecule has 3 aromatic rings. The third-order valence-corrected chi connectivity index (χ3v) is 10.0. The summed E-state index contributed by atoms with van der Waals surface area (Å²) < 4.78 is 64.4. The molecule has 0 bridgehead atoms. The molecule has 2 saturated carbocycles. The molecule has 6 atom stereocenters. The van der Waals surface area contributed by atoms with Gasteiger partial charge in [0.05, 0.1) is 40.2 Å². The number of aromatic nitrogens is 3. The fourth-order valence-electron chi connectivity index (χ4n) is 7.02. The van der Waals surface area contributed by atoms with Crippen molar-refractivity contribution in [3.63, 3.8) is 0 Å². The molecule has 6 unspecified atom stereocenters. The average Bonchev–Trinajstić information content (AvgIpc) is 3.29. The zero-order chi connectivity index (χ0) is 36.4. The Balaban J connectivity index is 1.22. The van der Waals surface area contributed by atoms with Crippen molar-refractivity contribution in [3.8, 4) is 10.6 Å². The van der Waals surface area contributed by atoms with Crippen molar-refractivity contribution in [1.29, 1.82) is 0 Å². The second-order valence-electron chi connectivity index (χ2n) is 14.9. The van der Waals surface area contributed by atoms with Gasteiger partial charge >= 0.3 is 18.2 Å². The number of fused-ring (bicyclic) bond motifs is 1. The Bertz CT molecular complexity index is 1740. The minimum Gasteiger partial charge on any atom is -0.464 e. The molecule has 3 aliphatic rings. The average molecular weight is 721 g/mol. The molecule has 0 radical (unpaired) electrons. The molecule has 12 nitrogen and oxygen atoms in total. The first-order chi connectivity index (χ1) is 23.3. The Morgan fingerprint density at radius 3 is 2.50 bits per heavy atom. The first kappa shape index (κ1) is 36.0. The van der Waals surface area contributed by atoms with Crippen molar-refractivity contribution < 1.29 is 41.7 Å². The number of alkyl carbamates (subject to hydrolysis) is 1. The van der Waals surface area contributed by atoms with Crippen LogP contribution in [0.1, 0.15) is 60.6 Å². The molecule has 6 rings (SSSR count). The van der Waals surface area contributed by atoms with Gasteiger partial charge in [-0.15, -0.1) is 11.3 Å². The van der Waals surface area contributed by atoms with E-state index in [4.69, 9.17) is 23.9 Å². The van der Waals surface area contributed by atoms with Crippen molar-refractivity contribution in [2.75, 3.05) is 23.8 Å². The fourth-order valence-corrected chi connectivity index (χ4v) is 8.08. The van der Waals surface area contributed by atoms with Crippen molar-refractivity contribution in [3.05, 3.63) is 30.0 Å². The summed E-state index contributed by atoms with van der Waals surface area (Å²) >= 11 is 1.44. The molecule has 50 heavy (non-hydrogen) atoms. The quantitative estimate of drug-likeness (QED) is 0.199. The first-order valence-electron chi connectivity index (χ1n) is 16.6. The number of nitrogens with one attached hydrogen (secondary N) is 3. The summed E-state index contributed by atoms with van der Waals surface area (Å²) in [7, 11) is 0. The minimum absolute atomic E-state index is 0.0439. The number of anilines is 2. The Kier molecular flexibility index (Phi) is 9.21. The van der Waals surface area contributed by atoms with Gasteiger partial charge in [0.2, 0.25) is 5.95 Å². The lowest BCUT2D eigenvalue weighted by Gasteiger charge is -2.27. The largest absolute Gasteiger partial charge is 0.464 e. The van der Waals surface area contributed by atoms with Crippen LogP contribution in [0, 0.1) is 24.7 Å². The third-order valence-electron chi connectivity index (χ3n) is 8.99. The van der Waals surface area contributed by atoms with Crippen molar-refractivity contribution >= 4 is 45.4 Å². The lowest BCUT2D eigenvalue weighted by Crippen LogP contribution is -2.47. The number of benzene rings is 1. The highest BCUT2D eigenvalue weighted by Gasteiger charge is 2.81. The predicted octanol–water partition coefficient (Wildman–Crippen LogP) is 6.45. The number of thiazole rings is 1. The summed E-state index contributed by atoms with van der Waals surface area (Å²) in [5, 5.41) is 9.04. The van der Waals surface area contributed by atoms with Gasteiger partial charge in [-0.2, -0.15) is 18.2 Å². The number of hydrogen-bond donors (Lipinski definition) is 3. The van der Waals surface area contributed by atoms with E-state index in [0.717, 1.165) is 10.2 Å². The molecule has 3 fully saturated rings. The molecule has 272 valence electrons. The fraction of sp³-hybridized carbons (Fsp3) is 0.618. The molecule has 1 spiro atoms. The zero-order valence-electron chi connectivity index (χ0n) is 29.2. The number of alkyl halides is 3. The van der Waals surface area contributed by atoms with Crippen LogP contribution in [-0.4, -0.2) is 81.5 Å². The predicted molar refractivity (Wildman–Crippen MR) is 181 cm³/mol. The van der Waals surface area contributed by atoms with Gasteiger partial charge in [0, 0.05) is 11.8 Å². The third kappa shape index (κ3) is 7.33. The minimum atomic E-state index is -4.46. The van der Waals surface area contributed by atoms with Crippen LogP contribution in [-0.2, 0) is 23.7 Å². The molecule has 16 heteroatoms. The van der Waals surface area contributed by atoms with E-state index >= 15 is 0 Å². The maximum absolute atomic E-state index is 13.2. The number of nitrogens with zero attached hydrogens (tertiary/aromatic N) is 3. The number of halogens is 3. The Morgan fingerprint density at radius 1 is 1.12 bits per heavy atom. The number of hydrogen-bond acceptors (Lipinski definition) is 12. The van der Waals surface area contributed by atoms with Gasteiger partial charge in [0.1, 0.15) is 34.6 Å². The maximum Gasteiger partial charge on any atom is 0.408 e. The summed E-state index contributed by atoms with van der Waals surface area (Å²) in [6.07, 6.45) is -5.05. The van der Waals surface area contributed by atoms with Gasteiger partial charge in [-0.3, -0.25) is 0 Å². The van der Waals surface area contributed by atoms with Gasteiger partial charge in [0.25, 0.3) is 0 Å². The second-order valence-corrected chi connectivity index (χ2v) is 16.0. The van der Waals surface area contributed by atoms with E-state index in [9.17, 15) is 22.8 Å². The number of amides is 1. The lowest BCUT2D eigenvalue weighted by atomic mass is 9.98. The van der Waals surface area contributed by atoms with E-state index in [1.165, 1.54) is 11.3 Å². The highest BCUT2D eigenvalue weighted by atomic mass is 32.1. The molecule has 1 aromatic carbocycles. The van der Waals surface area contributed by atoms with Gasteiger partial charge in [0.15, 0.2) is 5.79 Å². The van der Waals surface area contributed by atoms with Crippen LogP contribution in [0.25, 0.3) is 20.8 Å². The Morgan fingerprint density at radius 2 is 1.84 bits per heavy atom. The van der Waals surface area contributed by atoms with Crippen LogP contribution in [0.5, 0.6) is 0 Å². The van der Waals surface area contributed by atoms with E-state index in [1.807, 2.05) is 38.1 Å². The molecular weight excluding hydrogens is 677 g/mol. The molecular formula is C34H43F3N6O6S. The van der Waals surface area contributed by atoms with Gasteiger partial charge in [-0.05, 0) is 66.0 Å². The van der Waals surface area contributed by atoms with E-state index in [1.54, 1.807) is 41.5 Å². The molecule has 3 N–H and O–H groups in total. The van der Waals surface area contributed by atoms with Crippen LogP contribution in [0.15, 0.2) is 24.3 Å². The first-order valence-corrected chi connectivity index (χ1v) is 17.4. The standard InChI is InChI=1S/C34H43F3N6O6S/c1-16(2)23(41-30(45)48-31(4,5)6)28(44)46-14-18-13-19-24(34(19)25(18)47-32(7,8)49-34)42-26-22(27-40-20-11-9-10-12-21(20)50-27)17(3)39-29(43-26)38-15-33(35,36)37/h9-12,16,18-19,23-25H,13-15H2,1-8H3,(H,41,45)(H2,38,39,42,43). The summed E-state index contributed by atoms with van der Waals surface area (Å²) in [5.41, 5.74) is 0.303. The molecule has 1 amide bonds. The summed E-state index contributed by atoms with van der Waals surface area (Å²) in [5.74, 6) is -1.91. The molecule has 3 heterocycles. The van der Waals surface area contributed by atoms with Crippen LogP contribution in [0.4, 0.5) is 29.7 Å². The van der Waals surface area contributed by atoms with Gasteiger partial charge in [-0.1, -0.05) is 26.0 Å². The summed E-state index contributed by atoms with van der Waals surface area (Å²) in [4.78, 5) is 39.3. The highest BCUT2D eigenvalue weighted by Crippen LogP contribution is 2.67. The van der Waals surface area contributed by atoms with Crippen molar-refractivity contribution in [1.82, 2.24) is 20.3 Å². The number of para-hydroxylation sites is 1. The Hall–Kier alpha value is -3.76. The summed E-state index contributed by atoms with van der Waals surface area (Å²) in [6, 6.07) is 6.41. The second kappa shape index (κ2) is 12.8. The smallest absolute Gasteiger partial charge is 0.408 e. The molecule has 2 aromatic heterocycles. The number of aryl methyl sites for hydroxylation is 1. The zero-order valence-corrected chi connectivity index (χ0v) is 30.0. The number of rotatable bonds is 10. The van der Waals surface area contributed by atoms with Crippen LogP contribution in [0.2, 0.25) is 0 Å². The SMILES string of the molecule is Cc1nc(NCC(F)(F)F)nc(NC2C3CC(COC(=O)C(NC(=O)OC(C)(C)C)C(C)C)C4OC(C)(C)OC324)c1-c1nc2ccccc2s1. The van der Waals surface area contributed by atoms with Gasteiger partial charge < -0.3 is 34.9 Å². The highest BCUT2D eigenvalue weighted by molar-refractivity contribution is 7.21. The number of ether oxygens (including phenoxy) is 4. The summed E-state index contributed by atoms with van der Waals surface area (Å²) in [6.45, 7) is 12.9. The van der Waals surface area contributed by atoms with Crippen LogP contribution < -0.4 is 16.0 Å². The Labute approximate surface area is 292 Å².